The molecule has 0 aliphatic rings. The molecule has 6 heteroatoms. The van der Waals surface area contributed by atoms with Gasteiger partial charge in [0.15, 0.2) is 0 Å². The van der Waals surface area contributed by atoms with Crippen molar-refractivity contribution in [1.29, 1.82) is 0 Å². The third kappa shape index (κ3) is 4.19. The van der Waals surface area contributed by atoms with Crippen LogP contribution in [-0.4, -0.2) is 37.3 Å². The van der Waals surface area contributed by atoms with Crippen molar-refractivity contribution in [2.24, 2.45) is 0 Å². The summed E-state index contributed by atoms with van der Waals surface area (Å²) in [6.45, 7) is 0.272. The van der Waals surface area contributed by atoms with Crippen molar-refractivity contribution in [2.75, 3.05) is 27.2 Å². The summed E-state index contributed by atoms with van der Waals surface area (Å²) in [6.07, 6.45) is -4.49. The Morgan fingerprint density at radius 2 is 1.94 bits per heavy atom. The van der Waals surface area contributed by atoms with Crippen LogP contribution in [0.3, 0.4) is 0 Å². The van der Waals surface area contributed by atoms with Crippen LogP contribution in [0.4, 0.5) is 13.2 Å². The van der Waals surface area contributed by atoms with Gasteiger partial charge in [-0.2, -0.15) is 13.2 Å². The first kappa shape index (κ1) is 14.8. The van der Waals surface area contributed by atoms with Gasteiger partial charge in [0.25, 0.3) is 0 Å². The fourth-order valence-corrected chi connectivity index (χ4v) is 1.36. The summed E-state index contributed by atoms with van der Waals surface area (Å²) < 4.78 is 43.5. The Morgan fingerprint density at radius 1 is 1.28 bits per heavy atom. The average molecular weight is 263 g/mol. The van der Waals surface area contributed by atoms with Gasteiger partial charge in [0.2, 0.25) is 0 Å². The Morgan fingerprint density at radius 3 is 2.44 bits per heavy atom. The van der Waals surface area contributed by atoms with Gasteiger partial charge < -0.3 is 14.7 Å². The van der Waals surface area contributed by atoms with Crippen molar-refractivity contribution >= 4 is 0 Å². The lowest BCUT2D eigenvalue weighted by molar-refractivity contribution is -0.139. The van der Waals surface area contributed by atoms with Gasteiger partial charge in [0.1, 0.15) is 12.4 Å². The van der Waals surface area contributed by atoms with Gasteiger partial charge in [0.05, 0.1) is 12.2 Å². The molecule has 1 aromatic rings. The first-order valence-electron chi connectivity index (χ1n) is 5.43. The van der Waals surface area contributed by atoms with Crippen LogP contribution < -0.4 is 4.74 Å². The second kappa shape index (κ2) is 6.06. The van der Waals surface area contributed by atoms with E-state index < -0.39 is 18.3 Å². The van der Waals surface area contributed by atoms with Gasteiger partial charge in [-0.25, -0.2) is 0 Å². The predicted octanol–water partition coefficient (Wildman–Crippen LogP) is 2.14. The predicted molar refractivity (Wildman–Crippen MR) is 61.4 cm³/mol. The summed E-state index contributed by atoms with van der Waals surface area (Å²) in [7, 11) is 3.62. The van der Waals surface area contributed by atoms with E-state index in [9.17, 15) is 13.2 Å². The highest BCUT2D eigenvalue weighted by atomic mass is 19.4. The van der Waals surface area contributed by atoms with E-state index in [1.165, 1.54) is 12.1 Å². The van der Waals surface area contributed by atoms with Crippen molar-refractivity contribution in [1.82, 2.24) is 4.90 Å². The summed E-state index contributed by atoms with van der Waals surface area (Å²) in [5, 5.41) is 8.85. The van der Waals surface area contributed by atoms with Crippen LogP contribution in [0, 0.1) is 0 Å². The number of nitrogens with zero attached hydrogens (tertiary/aromatic N) is 1. The maximum Gasteiger partial charge on any atom is 0.419 e. The lowest BCUT2D eigenvalue weighted by Crippen LogP contribution is -2.20. The molecule has 0 bridgehead atoms. The van der Waals surface area contributed by atoms with Gasteiger partial charge >= 0.3 is 6.18 Å². The second-order valence-electron chi connectivity index (χ2n) is 4.14. The Bertz CT molecular complexity index is 391. The zero-order valence-electron chi connectivity index (χ0n) is 10.3. The SMILES string of the molecule is CN(C)CCOc1ccc(CO)cc1C(F)(F)F. The number of aliphatic hydroxyl groups excluding tert-OH is 1. The number of rotatable bonds is 5. The van der Waals surface area contributed by atoms with Crippen molar-refractivity contribution < 1.29 is 23.0 Å². The largest absolute Gasteiger partial charge is 0.492 e. The van der Waals surface area contributed by atoms with E-state index in [0.29, 0.717) is 6.54 Å². The number of benzene rings is 1. The molecule has 0 unspecified atom stereocenters. The summed E-state index contributed by atoms with van der Waals surface area (Å²) in [5.41, 5.74) is -0.643. The molecule has 0 heterocycles. The molecule has 0 amide bonds. The van der Waals surface area contributed by atoms with Crippen LogP contribution in [0.1, 0.15) is 11.1 Å². The maximum atomic E-state index is 12.8. The number of halogens is 3. The number of alkyl halides is 3. The monoisotopic (exact) mass is 263 g/mol. The first-order chi connectivity index (χ1) is 8.34. The first-order valence-corrected chi connectivity index (χ1v) is 5.43. The van der Waals surface area contributed by atoms with Gasteiger partial charge in [-0.05, 0) is 31.8 Å². The molecule has 0 atom stereocenters. The van der Waals surface area contributed by atoms with Crippen molar-refractivity contribution in [3.8, 4) is 5.75 Å². The molecule has 0 fully saturated rings. The quantitative estimate of drug-likeness (QED) is 0.883. The standard InChI is InChI=1S/C12H16F3NO2/c1-16(2)5-6-18-11-4-3-9(8-17)7-10(11)12(13,14)15/h3-4,7,17H,5-6,8H2,1-2H3. The van der Waals surface area contributed by atoms with Gasteiger partial charge in [-0.1, -0.05) is 6.07 Å². The minimum Gasteiger partial charge on any atom is -0.492 e. The average Bonchev–Trinajstić information content (AvgIpc) is 2.27. The van der Waals surface area contributed by atoms with E-state index in [1.54, 1.807) is 0 Å². The minimum atomic E-state index is -4.49. The summed E-state index contributed by atoms with van der Waals surface area (Å²) in [4.78, 5) is 1.81. The second-order valence-corrected chi connectivity index (χ2v) is 4.14. The van der Waals surface area contributed by atoms with E-state index >= 15 is 0 Å². The maximum absolute atomic E-state index is 12.8. The number of likely N-dealkylation sites (N-methyl/N-ethyl adjacent to an activating group) is 1. The highest BCUT2D eigenvalue weighted by molar-refractivity contribution is 5.39. The number of hydrogen-bond donors (Lipinski definition) is 1. The molecule has 18 heavy (non-hydrogen) atoms. The molecule has 0 saturated carbocycles. The van der Waals surface area contributed by atoms with Gasteiger partial charge in [0, 0.05) is 6.54 Å². The summed E-state index contributed by atoms with van der Waals surface area (Å²) in [5.74, 6) is -0.207. The van der Waals surface area contributed by atoms with Crippen molar-refractivity contribution in [3.63, 3.8) is 0 Å². The van der Waals surface area contributed by atoms with Gasteiger partial charge in [-0.3, -0.25) is 0 Å². The topological polar surface area (TPSA) is 32.7 Å². The van der Waals surface area contributed by atoms with Crippen LogP contribution in [0.25, 0.3) is 0 Å². The Hall–Kier alpha value is -1.27. The minimum absolute atomic E-state index is 0.175. The van der Waals surface area contributed by atoms with Crippen LogP contribution in [0.15, 0.2) is 18.2 Å². The van der Waals surface area contributed by atoms with Crippen LogP contribution in [0.2, 0.25) is 0 Å². The summed E-state index contributed by atoms with van der Waals surface area (Å²) in [6, 6.07) is 3.56. The fraction of sp³-hybridized carbons (Fsp3) is 0.500. The van der Waals surface area contributed by atoms with E-state index in [-0.39, 0.29) is 17.9 Å². The molecule has 1 N–H and O–H groups in total. The van der Waals surface area contributed by atoms with Crippen molar-refractivity contribution in [3.05, 3.63) is 29.3 Å². The third-order valence-corrected chi connectivity index (χ3v) is 2.33. The van der Waals surface area contributed by atoms with E-state index in [2.05, 4.69) is 0 Å². The molecule has 0 radical (unpaired) electrons. The Balaban J connectivity index is 2.89. The van der Waals surface area contributed by atoms with E-state index in [0.717, 1.165) is 6.07 Å². The summed E-state index contributed by atoms with van der Waals surface area (Å²) >= 11 is 0. The highest BCUT2D eigenvalue weighted by Gasteiger charge is 2.34. The van der Waals surface area contributed by atoms with Crippen LogP contribution in [0.5, 0.6) is 5.75 Å². The molecule has 3 nitrogen and oxygen atoms in total. The Kier molecular flexibility index (Phi) is 4.98. The van der Waals surface area contributed by atoms with Crippen molar-refractivity contribution in [2.45, 2.75) is 12.8 Å². The molecular formula is C12H16F3NO2. The van der Waals surface area contributed by atoms with Gasteiger partial charge in [-0.15, -0.1) is 0 Å². The van der Waals surface area contributed by atoms with Crippen LogP contribution in [-0.2, 0) is 12.8 Å². The zero-order valence-corrected chi connectivity index (χ0v) is 10.3. The Labute approximate surface area is 104 Å². The molecule has 0 saturated heterocycles. The molecule has 0 aromatic heterocycles. The molecule has 102 valence electrons. The smallest absolute Gasteiger partial charge is 0.419 e. The lowest BCUT2D eigenvalue weighted by Gasteiger charge is -2.16. The molecule has 0 spiro atoms. The van der Waals surface area contributed by atoms with E-state index in [1.807, 2.05) is 19.0 Å². The molecule has 0 aliphatic heterocycles. The molecule has 0 aliphatic carbocycles. The normalized spacial score (nSPS) is 11.9. The molecular weight excluding hydrogens is 247 g/mol. The number of ether oxygens (including phenoxy) is 1. The highest BCUT2D eigenvalue weighted by Crippen LogP contribution is 2.36. The number of hydrogen-bond acceptors (Lipinski definition) is 3. The third-order valence-electron chi connectivity index (χ3n) is 2.33. The van der Waals surface area contributed by atoms with Crippen LogP contribution >= 0.6 is 0 Å². The lowest BCUT2D eigenvalue weighted by atomic mass is 10.1. The number of aliphatic hydroxyl groups is 1. The molecule has 1 aromatic carbocycles. The molecule has 1 rings (SSSR count). The van der Waals surface area contributed by atoms with E-state index in [4.69, 9.17) is 9.84 Å². The fourth-order valence-electron chi connectivity index (χ4n) is 1.36. The zero-order chi connectivity index (χ0) is 13.8.